The van der Waals surface area contributed by atoms with Gasteiger partial charge in [0.15, 0.2) is 0 Å². The van der Waals surface area contributed by atoms with Gasteiger partial charge in [0.05, 0.1) is 35.7 Å². The Bertz CT molecular complexity index is 1300. The summed E-state index contributed by atoms with van der Waals surface area (Å²) in [6.45, 7) is 5.70. The number of carbonyl (C=O) groups is 1. The number of fused-ring (bicyclic) bond motifs is 1. The molecule has 2 aromatic heterocycles. The summed E-state index contributed by atoms with van der Waals surface area (Å²) in [4.78, 5) is 12.9. The smallest absolute Gasteiger partial charge is 0.256 e. The van der Waals surface area contributed by atoms with Crippen LogP contribution in [0, 0.1) is 11.3 Å². The average Bonchev–Trinajstić information content (AvgIpc) is 3.32. The molecule has 2 heterocycles. The van der Waals surface area contributed by atoms with E-state index in [4.69, 9.17) is 0 Å². The summed E-state index contributed by atoms with van der Waals surface area (Å²) in [5.74, 6) is -0.299. The van der Waals surface area contributed by atoms with Gasteiger partial charge in [-0.05, 0) is 42.8 Å². The quantitative estimate of drug-likeness (QED) is 0.579. The SMILES string of the molecule is C=C(C)c1c(C#N)cccc1C(=O)Nc1ccc2cnn(-c3cnn(C)c3)c2c1. The average molecular weight is 382 g/mol. The van der Waals surface area contributed by atoms with Crippen molar-refractivity contribution in [3.8, 4) is 11.8 Å². The zero-order valence-corrected chi connectivity index (χ0v) is 16.0. The van der Waals surface area contributed by atoms with E-state index in [-0.39, 0.29) is 5.91 Å². The second-order valence-electron chi connectivity index (χ2n) is 6.78. The fraction of sp³-hybridized carbons (Fsp3) is 0.0909. The van der Waals surface area contributed by atoms with E-state index < -0.39 is 0 Å². The predicted octanol–water partition coefficient (Wildman–Crippen LogP) is 3.92. The molecule has 0 bridgehead atoms. The van der Waals surface area contributed by atoms with E-state index in [9.17, 15) is 10.1 Å². The van der Waals surface area contributed by atoms with Crippen LogP contribution >= 0.6 is 0 Å². The molecule has 0 spiro atoms. The zero-order chi connectivity index (χ0) is 20.5. The third-order valence-electron chi connectivity index (χ3n) is 4.62. The molecule has 4 aromatic rings. The maximum Gasteiger partial charge on any atom is 0.256 e. The molecule has 1 N–H and O–H groups in total. The molecule has 2 aromatic carbocycles. The van der Waals surface area contributed by atoms with Gasteiger partial charge in [0.1, 0.15) is 5.69 Å². The third kappa shape index (κ3) is 3.28. The summed E-state index contributed by atoms with van der Waals surface area (Å²) >= 11 is 0. The number of hydrogen-bond acceptors (Lipinski definition) is 4. The summed E-state index contributed by atoms with van der Waals surface area (Å²) in [5.41, 5.74) is 4.38. The van der Waals surface area contributed by atoms with Crippen molar-refractivity contribution in [2.75, 3.05) is 5.32 Å². The minimum Gasteiger partial charge on any atom is -0.322 e. The van der Waals surface area contributed by atoms with Gasteiger partial charge in [-0.2, -0.15) is 15.5 Å². The molecule has 0 aliphatic heterocycles. The van der Waals surface area contributed by atoms with Crippen molar-refractivity contribution >= 4 is 28.1 Å². The van der Waals surface area contributed by atoms with Crippen LogP contribution in [0.1, 0.15) is 28.4 Å². The van der Waals surface area contributed by atoms with Crippen molar-refractivity contribution in [3.05, 3.63) is 78.3 Å². The van der Waals surface area contributed by atoms with E-state index in [0.29, 0.717) is 28.0 Å². The maximum atomic E-state index is 12.9. The van der Waals surface area contributed by atoms with E-state index in [1.165, 1.54) is 0 Å². The van der Waals surface area contributed by atoms with Gasteiger partial charge in [-0.25, -0.2) is 4.68 Å². The lowest BCUT2D eigenvalue weighted by molar-refractivity contribution is 0.102. The topological polar surface area (TPSA) is 88.5 Å². The molecule has 7 heteroatoms. The first-order valence-electron chi connectivity index (χ1n) is 8.95. The number of allylic oxidation sites excluding steroid dienone is 1. The Morgan fingerprint density at radius 3 is 2.72 bits per heavy atom. The molecule has 0 saturated carbocycles. The lowest BCUT2D eigenvalue weighted by Crippen LogP contribution is -2.14. The lowest BCUT2D eigenvalue weighted by atomic mass is 9.96. The van der Waals surface area contributed by atoms with Gasteiger partial charge in [0, 0.05) is 29.2 Å². The zero-order valence-electron chi connectivity index (χ0n) is 16.0. The number of nitrogens with one attached hydrogen (secondary N) is 1. The molecule has 7 nitrogen and oxygen atoms in total. The van der Waals surface area contributed by atoms with Gasteiger partial charge in [0.2, 0.25) is 0 Å². The first kappa shape index (κ1) is 18.2. The monoisotopic (exact) mass is 382 g/mol. The molecular formula is C22H18N6O. The van der Waals surface area contributed by atoms with Gasteiger partial charge in [-0.3, -0.25) is 9.48 Å². The Morgan fingerprint density at radius 2 is 2.03 bits per heavy atom. The van der Waals surface area contributed by atoms with Gasteiger partial charge < -0.3 is 5.32 Å². The number of aromatic nitrogens is 4. The summed E-state index contributed by atoms with van der Waals surface area (Å²) in [7, 11) is 1.84. The number of nitrogens with zero attached hydrogens (tertiary/aromatic N) is 5. The van der Waals surface area contributed by atoms with Gasteiger partial charge in [0.25, 0.3) is 5.91 Å². The van der Waals surface area contributed by atoms with Gasteiger partial charge in [-0.15, -0.1) is 0 Å². The number of nitriles is 1. The van der Waals surface area contributed by atoms with Gasteiger partial charge in [-0.1, -0.05) is 12.6 Å². The van der Waals surface area contributed by atoms with Crippen LogP contribution in [0.2, 0.25) is 0 Å². The summed E-state index contributed by atoms with van der Waals surface area (Å²) in [6.07, 6.45) is 5.36. The Morgan fingerprint density at radius 1 is 1.21 bits per heavy atom. The van der Waals surface area contributed by atoms with Crippen molar-refractivity contribution in [2.24, 2.45) is 7.05 Å². The van der Waals surface area contributed by atoms with Crippen LogP contribution in [0.3, 0.4) is 0 Å². The lowest BCUT2D eigenvalue weighted by Gasteiger charge is -2.12. The Balaban J connectivity index is 1.71. The molecule has 0 fully saturated rings. The van der Waals surface area contributed by atoms with Crippen LogP contribution in [-0.2, 0) is 7.05 Å². The molecule has 4 rings (SSSR count). The number of carbonyl (C=O) groups excluding carboxylic acids is 1. The van der Waals surface area contributed by atoms with Crippen molar-refractivity contribution in [1.29, 1.82) is 5.26 Å². The fourth-order valence-electron chi connectivity index (χ4n) is 3.31. The first-order valence-corrected chi connectivity index (χ1v) is 8.95. The van der Waals surface area contributed by atoms with Crippen LogP contribution in [0.4, 0.5) is 5.69 Å². The number of hydrogen-bond donors (Lipinski definition) is 1. The molecule has 142 valence electrons. The summed E-state index contributed by atoms with van der Waals surface area (Å²) in [5, 5.41) is 21.8. The molecule has 0 saturated heterocycles. The van der Waals surface area contributed by atoms with Crippen LogP contribution in [0.15, 0.2) is 61.6 Å². The van der Waals surface area contributed by atoms with Crippen molar-refractivity contribution in [1.82, 2.24) is 19.6 Å². The summed E-state index contributed by atoms with van der Waals surface area (Å²) in [6, 6.07) is 12.8. The summed E-state index contributed by atoms with van der Waals surface area (Å²) < 4.78 is 3.48. The molecule has 0 atom stereocenters. The largest absolute Gasteiger partial charge is 0.322 e. The minimum absolute atomic E-state index is 0.299. The highest BCUT2D eigenvalue weighted by Crippen LogP contribution is 2.25. The highest BCUT2D eigenvalue weighted by Gasteiger charge is 2.16. The number of anilines is 1. The van der Waals surface area contributed by atoms with Crippen molar-refractivity contribution in [2.45, 2.75) is 6.92 Å². The fourth-order valence-corrected chi connectivity index (χ4v) is 3.31. The molecule has 1 amide bonds. The molecule has 29 heavy (non-hydrogen) atoms. The normalized spacial score (nSPS) is 10.7. The van der Waals surface area contributed by atoms with E-state index in [1.54, 1.807) is 46.9 Å². The highest BCUT2D eigenvalue weighted by molar-refractivity contribution is 6.08. The molecule has 0 unspecified atom stereocenters. The number of benzene rings is 2. The molecule has 0 aliphatic rings. The van der Waals surface area contributed by atoms with E-state index in [2.05, 4.69) is 28.2 Å². The van der Waals surface area contributed by atoms with Gasteiger partial charge >= 0.3 is 0 Å². The maximum absolute atomic E-state index is 12.9. The number of rotatable bonds is 4. The van der Waals surface area contributed by atoms with E-state index in [0.717, 1.165) is 16.6 Å². The van der Waals surface area contributed by atoms with Crippen LogP contribution in [0.25, 0.3) is 22.2 Å². The minimum atomic E-state index is -0.299. The van der Waals surface area contributed by atoms with Crippen molar-refractivity contribution < 1.29 is 4.79 Å². The highest BCUT2D eigenvalue weighted by atomic mass is 16.1. The second kappa shape index (κ2) is 7.09. The second-order valence-corrected chi connectivity index (χ2v) is 6.78. The molecule has 0 radical (unpaired) electrons. The van der Waals surface area contributed by atoms with Crippen LogP contribution in [-0.4, -0.2) is 25.5 Å². The molecule has 0 aliphatic carbocycles. The van der Waals surface area contributed by atoms with E-state index >= 15 is 0 Å². The molecular weight excluding hydrogens is 364 g/mol. The predicted molar refractivity (Wildman–Crippen MR) is 112 cm³/mol. The Labute approximate surface area is 167 Å². The standard InChI is InChI=1S/C22H18N6O/c1-14(2)21-15(10-23)5-4-6-19(21)22(29)26-17-8-7-16-11-25-28(20(16)9-17)18-12-24-27(3)13-18/h4-9,11-13H,1H2,2-3H3,(H,26,29). The van der Waals surface area contributed by atoms with E-state index in [1.807, 2.05) is 31.4 Å². The third-order valence-corrected chi connectivity index (χ3v) is 4.62. The Kier molecular flexibility index (Phi) is 4.45. The Hall–Kier alpha value is -4.18. The number of aryl methyl sites for hydroxylation is 1. The van der Waals surface area contributed by atoms with Crippen LogP contribution in [0.5, 0.6) is 0 Å². The number of amides is 1. The van der Waals surface area contributed by atoms with Crippen molar-refractivity contribution in [3.63, 3.8) is 0 Å². The van der Waals surface area contributed by atoms with Crippen LogP contribution < -0.4 is 5.32 Å². The first-order chi connectivity index (χ1) is 14.0.